The number of benzene rings is 2. The highest BCUT2D eigenvalue weighted by Gasteiger charge is 2.18. The van der Waals surface area contributed by atoms with Crippen LogP contribution in [0.25, 0.3) is 16.7 Å². The van der Waals surface area contributed by atoms with E-state index < -0.39 is 5.97 Å². The van der Waals surface area contributed by atoms with Crippen molar-refractivity contribution in [2.24, 2.45) is 0 Å². The number of nitrogens with two attached hydrogens (primary N) is 1. The van der Waals surface area contributed by atoms with Crippen molar-refractivity contribution < 1.29 is 9.53 Å². The molecule has 0 aliphatic rings. The van der Waals surface area contributed by atoms with Gasteiger partial charge in [0.25, 0.3) is 0 Å². The molecular formula is C14H12N4O2. The quantitative estimate of drug-likeness (QED) is 0.566. The van der Waals surface area contributed by atoms with Crippen molar-refractivity contribution in [1.29, 1.82) is 0 Å². The number of rotatable bonds is 2. The molecule has 0 bridgehead atoms. The summed E-state index contributed by atoms with van der Waals surface area (Å²) in [5.74, 6) is -0.466. The van der Waals surface area contributed by atoms with Gasteiger partial charge in [-0.1, -0.05) is 23.4 Å². The lowest BCUT2D eigenvalue weighted by atomic mass is 10.1. The third-order valence-corrected chi connectivity index (χ3v) is 3.04. The van der Waals surface area contributed by atoms with Gasteiger partial charge in [0.05, 0.1) is 23.9 Å². The molecule has 0 aliphatic heterocycles. The minimum absolute atomic E-state index is 0.350. The number of para-hydroxylation sites is 2. The number of nitrogen functional groups attached to an aromatic ring is 1. The van der Waals surface area contributed by atoms with E-state index in [4.69, 9.17) is 10.5 Å². The Balaban J connectivity index is 2.31. The molecule has 3 rings (SSSR count). The molecule has 0 aliphatic carbocycles. The molecule has 2 aromatic carbocycles. The van der Waals surface area contributed by atoms with E-state index in [1.165, 1.54) is 7.11 Å². The SMILES string of the molecule is COC(=O)c1cccc(N)c1-n1nnc2ccccc21. The first-order valence-corrected chi connectivity index (χ1v) is 6.00. The number of methoxy groups -OCH3 is 1. The zero-order valence-corrected chi connectivity index (χ0v) is 10.8. The standard InChI is InChI=1S/C14H12N4O2/c1-20-14(19)9-5-4-6-10(15)13(9)18-12-8-3-2-7-11(12)16-17-18/h2-8H,15H2,1H3. The number of carbonyl (C=O) groups is 1. The number of hydrogen-bond acceptors (Lipinski definition) is 5. The maximum atomic E-state index is 11.9. The van der Waals surface area contributed by atoms with E-state index in [-0.39, 0.29) is 0 Å². The highest BCUT2D eigenvalue weighted by atomic mass is 16.5. The molecule has 100 valence electrons. The predicted octanol–water partition coefficient (Wildman–Crippen LogP) is 1.79. The largest absolute Gasteiger partial charge is 0.465 e. The minimum atomic E-state index is -0.466. The number of esters is 1. The second-order valence-electron chi connectivity index (χ2n) is 4.22. The van der Waals surface area contributed by atoms with Crippen LogP contribution < -0.4 is 5.73 Å². The molecule has 2 N–H and O–H groups in total. The highest BCUT2D eigenvalue weighted by molar-refractivity contribution is 5.96. The Morgan fingerprint density at radius 2 is 2.00 bits per heavy atom. The molecule has 1 aromatic heterocycles. The summed E-state index contributed by atoms with van der Waals surface area (Å²) in [5, 5.41) is 8.15. The smallest absolute Gasteiger partial charge is 0.340 e. The lowest BCUT2D eigenvalue weighted by Crippen LogP contribution is -2.11. The van der Waals surface area contributed by atoms with Gasteiger partial charge in [-0.2, -0.15) is 0 Å². The first kappa shape index (κ1) is 12.2. The number of carbonyl (C=O) groups excluding carboxylic acids is 1. The van der Waals surface area contributed by atoms with Crippen molar-refractivity contribution in [3.63, 3.8) is 0 Å². The Bertz CT molecular complexity index is 795. The van der Waals surface area contributed by atoms with E-state index in [2.05, 4.69) is 10.3 Å². The topological polar surface area (TPSA) is 83.0 Å². The van der Waals surface area contributed by atoms with Crippen LogP contribution in [0.4, 0.5) is 5.69 Å². The Labute approximate surface area is 114 Å². The number of aromatic nitrogens is 3. The molecule has 0 atom stereocenters. The van der Waals surface area contributed by atoms with Gasteiger partial charge in [0.1, 0.15) is 11.2 Å². The lowest BCUT2D eigenvalue weighted by molar-refractivity contribution is 0.0600. The van der Waals surface area contributed by atoms with Gasteiger partial charge < -0.3 is 10.5 Å². The maximum absolute atomic E-state index is 11.9. The molecule has 0 spiro atoms. The summed E-state index contributed by atoms with van der Waals surface area (Å²) in [7, 11) is 1.33. The molecular weight excluding hydrogens is 256 g/mol. The molecule has 20 heavy (non-hydrogen) atoms. The van der Waals surface area contributed by atoms with Gasteiger partial charge in [0.2, 0.25) is 0 Å². The fourth-order valence-electron chi connectivity index (χ4n) is 2.11. The van der Waals surface area contributed by atoms with Crippen LogP contribution in [0.5, 0.6) is 0 Å². The van der Waals surface area contributed by atoms with Crippen LogP contribution in [0.15, 0.2) is 42.5 Å². The summed E-state index contributed by atoms with van der Waals surface area (Å²) in [5.41, 5.74) is 8.77. The molecule has 0 fully saturated rings. The lowest BCUT2D eigenvalue weighted by Gasteiger charge is -2.10. The van der Waals surface area contributed by atoms with Crippen molar-refractivity contribution >= 4 is 22.7 Å². The molecule has 6 heteroatoms. The Hall–Kier alpha value is -2.89. The Morgan fingerprint density at radius 3 is 2.80 bits per heavy atom. The highest BCUT2D eigenvalue weighted by Crippen LogP contribution is 2.25. The van der Waals surface area contributed by atoms with Crippen molar-refractivity contribution in [3.05, 3.63) is 48.0 Å². The van der Waals surface area contributed by atoms with Gasteiger partial charge >= 0.3 is 5.97 Å². The first-order valence-electron chi connectivity index (χ1n) is 6.00. The van der Waals surface area contributed by atoms with E-state index in [1.54, 1.807) is 22.9 Å². The fraction of sp³-hybridized carbons (Fsp3) is 0.0714. The van der Waals surface area contributed by atoms with E-state index in [0.29, 0.717) is 16.9 Å². The van der Waals surface area contributed by atoms with Gasteiger partial charge in [-0.25, -0.2) is 9.48 Å². The van der Waals surface area contributed by atoms with Crippen LogP contribution in [-0.2, 0) is 4.74 Å². The number of nitrogens with zero attached hydrogens (tertiary/aromatic N) is 3. The average Bonchev–Trinajstić information content (AvgIpc) is 2.90. The Kier molecular flexibility index (Phi) is 2.83. The molecule has 6 nitrogen and oxygen atoms in total. The van der Waals surface area contributed by atoms with Crippen molar-refractivity contribution in [3.8, 4) is 5.69 Å². The first-order chi connectivity index (χ1) is 9.72. The zero-order chi connectivity index (χ0) is 14.1. The van der Waals surface area contributed by atoms with E-state index >= 15 is 0 Å². The van der Waals surface area contributed by atoms with Crippen LogP contribution in [0.3, 0.4) is 0 Å². The number of hydrogen-bond donors (Lipinski definition) is 1. The minimum Gasteiger partial charge on any atom is -0.465 e. The van der Waals surface area contributed by atoms with Crippen LogP contribution >= 0.6 is 0 Å². The third kappa shape index (κ3) is 1.78. The van der Waals surface area contributed by atoms with Gasteiger partial charge in [0, 0.05) is 0 Å². The molecule has 0 saturated carbocycles. The van der Waals surface area contributed by atoms with Crippen LogP contribution in [0, 0.1) is 0 Å². The third-order valence-electron chi connectivity index (χ3n) is 3.04. The molecule has 0 saturated heterocycles. The molecule has 1 heterocycles. The van der Waals surface area contributed by atoms with Crippen LogP contribution in [-0.4, -0.2) is 28.1 Å². The Morgan fingerprint density at radius 1 is 1.20 bits per heavy atom. The maximum Gasteiger partial charge on any atom is 0.340 e. The monoisotopic (exact) mass is 268 g/mol. The number of ether oxygens (including phenoxy) is 1. The summed E-state index contributed by atoms with van der Waals surface area (Å²) >= 11 is 0. The normalized spacial score (nSPS) is 10.7. The summed E-state index contributed by atoms with van der Waals surface area (Å²) in [4.78, 5) is 11.9. The van der Waals surface area contributed by atoms with Gasteiger partial charge in [-0.3, -0.25) is 0 Å². The molecule has 3 aromatic rings. The van der Waals surface area contributed by atoms with Gasteiger partial charge in [-0.05, 0) is 24.3 Å². The van der Waals surface area contributed by atoms with Gasteiger partial charge in [0.15, 0.2) is 0 Å². The second-order valence-corrected chi connectivity index (χ2v) is 4.22. The van der Waals surface area contributed by atoms with Crippen molar-refractivity contribution in [2.75, 3.05) is 12.8 Å². The van der Waals surface area contributed by atoms with Crippen LogP contribution in [0.2, 0.25) is 0 Å². The van der Waals surface area contributed by atoms with E-state index in [1.807, 2.05) is 24.3 Å². The van der Waals surface area contributed by atoms with Gasteiger partial charge in [-0.15, -0.1) is 5.10 Å². The zero-order valence-electron chi connectivity index (χ0n) is 10.8. The van der Waals surface area contributed by atoms with Crippen molar-refractivity contribution in [2.45, 2.75) is 0 Å². The van der Waals surface area contributed by atoms with E-state index in [0.717, 1.165) is 11.0 Å². The number of anilines is 1. The predicted molar refractivity (Wildman–Crippen MR) is 74.6 cm³/mol. The summed E-state index contributed by atoms with van der Waals surface area (Å²) < 4.78 is 6.34. The fourth-order valence-corrected chi connectivity index (χ4v) is 2.11. The second kappa shape index (κ2) is 4.65. The summed E-state index contributed by atoms with van der Waals surface area (Å²) in [6, 6.07) is 12.5. The summed E-state index contributed by atoms with van der Waals surface area (Å²) in [6.45, 7) is 0. The van der Waals surface area contributed by atoms with Crippen LogP contribution in [0.1, 0.15) is 10.4 Å². The average molecular weight is 268 g/mol. The molecule has 0 radical (unpaired) electrons. The molecule has 0 amide bonds. The van der Waals surface area contributed by atoms with E-state index in [9.17, 15) is 4.79 Å². The molecule has 0 unspecified atom stereocenters. The number of fused-ring (bicyclic) bond motifs is 1. The summed E-state index contributed by atoms with van der Waals surface area (Å²) in [6.07, 6.45) is 0. The van der Waals surface area contributed by atoms with Crippen molar-refractivity contribution in [1.82, 2.24) is 15.0 Å².